The third-order valence-corrected chi connectivity index (χ3v) is 7.53. The van der Waals surface area contributed by atoms with E-state index in [1.165, 1.54) is 18.6 Å². The topological polar surface area (TPSA) is 104 Å². The van der Waals surface area contributed by atoms with Gasteiger partial charge in [0.1, 0.15) is 0 Å². The summed E-state index contributed by atoms with van der Waals surface area (Å²) in [5.41, 5.74) is 2.18. The minimum Gasteiger partial charge on any atom is -0.349 e. The van der Waals surface area contributed by atoms with Crippen LogP contribution in [0.1, 0.15) is 58.4 Å². The fourth-order valence-corrected chi connectivity index (χ4v) is 5.37. The third-order valence-electron chi connectivity index (χ3n) is 6.15. The van der Waals surface area contributed by atoms with Crippen LogP contribution in [0, 0.1) is 6.92 Å². The summed E-state index contributed by atoms with van der Waals surface area (Å²) in [6, 6.07) is 19.9. The number of hydrogen-bond acceptors (Lipinski definition) is 4. The summed E-state index contributed by atoms with van der Waals surface area (Å²) in [6.07, 6.45) is 5.37. The molecule has 0 saturated heterocycles. The number of rotatable bonds is 7. The Labute approximate surface area is 206 Å². The SMILES string of the molecule is Cc1cc(C(=O)Nc2ccccc2C(=O)NC2CCCCC2)ccc1NS(=O)(=O)c1ccccc1. The van der Waals surface area contributed by atoms with Crippen molar-refractivity contribution in [3.8, 4) is 0 Å². The molecule has 3 aromatic carbocycles. The molecule has 4 rings (SSSR count). The van der Waals surface area contributed by atoms with Crippen LogP contribution in [0.25, 0.3) is 0 Å². The van der Waals surface area contributed by atoms with Gasteiger partial charge in [0.2, 0.25) is 0 Å². The zero-order valence-corrected chi connectivity index (χ0v) is 20.4. The van der Waals surface area contributed by atoms with Crippen LogP contribution in [0.2, 0.25) is 0 Å². The molecular formula is C27H29N3O4S. The van der Waals surface area contributed by atoms with E-state index in [1.54, 1.807) is 67.6 Å². The molecule has 0 spiro atoms. The van der Waals surface area contributed by atoms with Gasteiger partial charge in [0.15, 0.2) is 0 Å². The molecule has 3 aromatic rings. The number of hydrogen-bond donors (Lipinski definition) is 3. The summed E-state index contributed by atoms with van der Waals surface area (Å²) in [5, 5.41) is 5.91. The quantitative estimate of drug-likeness (QED) is 0.427. The predicted octanol–water partition coefficient (Wildman–Crippen LogP) is 5.11. The van der Waals surface area contributed by atoms with Crippen molar-refractivity contribution in [2.24, 2.45) is 0 Å². The minimum absolute atomic E-state index is 0.157. The Morgan fingerprint density at radius 2 is 1.49 bits per heavy atom. The molecule has 8 heteroatoms. The van der Waals surface area contributed by atoms with Gasteiger partial charge in [-0.25, -0.2) is 8.42 Å². The highest BCUT2D eigenvalue weighted by Gasteiger charge is 2.20. The molecule has 35 heavy (non-hydrogen) atoms. The van der Waals surface area contributed by atoms with Crippen LogP contribution in [0.15, 0.2) is 77.7 Å². The number of sulfonamides is 1. The predicted molar refractivity (Wildman–Crippen MR) is 137 cm³/mol. The molecule has 0 aromatic heterocycles. The Hall–Kier alpha value is -3.65. The standard InChI is InChI=1S/C27H29N3O4S/c1-19-18-20(16-17-24(19)30-35(33,34)22-12-6-3-7-13-22)26(31)29-25-15-9-8-14-23(25)27(32)28-21-10-4-2-5-11-21/h3,6-9,12-18,21,30H,2,4-5,10-11H2,1H3,(H,28,32)(H,29,31). The molecule has 0 aliphatic heterocycles. The average Bonchev–Trinajstić information content (AvgIpc) is 2.86. The number of amides is 2. The van der Waals surface area contributed by atoms with Gasteiger partial charge in [-0.15, -0.1) is 0 Å². The van der Waals surface area contributed by atoms with E-state index in [9.17, 15) is 18.0 Å². The van der Waals surface area contributed by atoms with Crippen molar-refractivity contribution in [1.29, 1.82) is 0 Å². The molecule has 3 N–H and O–H groups in total. The zero-order chi connectivity index (χ0) is 24.8. The molecule has 0 unspecified atom stereocenters. The number of aryl methyl sites for hydroxylation is 1. The molecule has 0 atom stereocenters. The Bertz CT molecular complexity index is 1320. The molecular weight excluding hydrogens is 462 g/mol. The van der Waals surface area contributed by atoms with Crippen LogP contribution in [0.3, 0.4) is 0 Å². The Morgan fingerprint density at radius 1 is 0.800 bits per heavy atom. The lowest BCUT2D eigenvalue weighted by Crippen LogP contribution is -2.36. The molecule has 2 amide bonds. The highest BCUT2D eigenvalue weighted by molar-refractivity contribution is 7.92. The van der Waals surface area contributed by atoms with Gasteiger partial charge in [0.25, 0.3) is 21.8 Å². The normalized spacial score (nSPS) is 14.2. The van der Waals surface area contributed by atoms with E-state index in [2.05, 4.69) is 15.4 Å². The van der Waals surface area contributed by atoms with Crippen molar-refractivity contribution in [2.75, 3.05) is 10.0 Å². The summed E-state index contributed by atoms with van der Waals surface area (Å²) in [5.74, 6) is -0.585. The highest BCUT2D eigenvalue weighted by Crippen LogP contribution is 2.23. The summed E-state index contributed by atoms with van der Waals surface area (Å²) in [4.78, 5) is 26.0. The van der Waals surface area contributed by atoms with E-state index in [0.717, 1.165) is 25.7 Å². The van der Waals surface area contributed by atoms with E-state index < -0.39 is 10.0 Å². The first-order chi connectivity index (χ1) is 16.8. The molecule has 7 nitrogen and oxygen atoms in total. The summed E-state index contributed by atoms with van der Waals surface area (Å²) >= 11 is 0. The number of benzene rings is 3. The van der Waals surface area contributed by atoms with E-state index in [0.29, 0.717) is 28.1 Å². The molecule has 1 saturated carbocycles. The zero-order valence-electron chi connectivity index (χ0n) is 19.6. The van der Waals surface area contributed by atoms with Crippen molar-refractivity contribution < 1.29 is 18.0 Å². The Kier molecular flexibility index (Phi) is 7.51. The van der Waals surface area contributed by atoms with Crippen LogP contribution in [0.5, 0.6) is 0 Å². The van der Waals surface area contributed by atoms with Crippen molar-refractivity contribution in [3.63, 3.8) is 0 Å². The van der Waals surface area contributed by atoms with Crippen LogP contribution in [-0.4, -0.2) is 26.3 Å². The first kappa shape index (κ1) is 24.5. The van der Waals surface area contributed by atoms with Crippen molar-refractivity contribution in [2.45, 2.75) is 50.0 Å². The number of nitrogens with one attached hydrogen (secondary N) is 3. The van der Waals surface area contributed by atoms with Gasteiger partial charge in [-0.1, -0.05) is 49.6 Å². The lowest BCUT2D eigenvalue weighted by atomic mass is 9.95. The Morgan fingerprint density at radius 3 is 2.20 bits per heavy atom. The number of carbonyl (C=O) groups excluding carboxylic acids is 2. The van der Waals surface area contributed by atoms with Gasteiger partial charge >= 0.3 is 0 Å². The molecule has 0 bridgehead atoms. The van der Waals surface area contributed by atoms with Crippen molar-refractivity contribution in [3.05, 3.63) is 89.5 Å². The third kappa shape index (κ3) is 6.08. The first-order valence-electron chi connectivity index (χ1n) is 11.7. The number of para-hydroxylation sites is 1. The second-order valence-electron chi connectivity index (χ2n) is 8.76. The minimum atomic E-state index is -3.74. The molecule has 0 radical (unpaired) electrons. The van der Waals surface area contributed by atoms with E-state index in [1.807, 2.05) is 0 Å². The summed E-state index contributed by atoms with van der Waals surface area (Å²) < 4.78 is 27.8. The average molecular weight is 492 g/mol. The molecule has 1 aliphatic rings. The highest BCUT2D eigenvalue weighted by atomic mass is 32.2. The van der Waals surface area contributed by atoms with Gasteiger partial charge in [0, 0.05) is 11.6 Å². The fraction of sp³-hybridized carbons (Fsp3) is 0.259. The number of carbonyl (C=O) groups is 2. The van der Waals surface area contributed by atoms with Gasteiger partial charge in [-0.05, 0) is 67.8 Å². The van der Waals surface area contributed by atoms with E-state index >= 15 is 0 Å². The molecule has 1 fully saturated rings. The summed E-state index contributed by atoms with van der Waals surface area (Å²) in [6.45, 7) is 1.73. The van der Waals surface area contributed by atoms with Gasteiger partial charge in [-0.3, -0.25) is 14.3 Å². The van der Waals surface area contributed by atoms with Crippen LogP contribution in [-0.2, 0) is 10.0 Å². The maximum Gasteiger partial charge on any atom is 0.261 e. The van der Waals surface area contributed by atoms with Crippen molar-refractivity contribution in [1.82, 2.24) is 5.32 Å². The van der Waals surface area contributed by atoms with E-state index in [-0.39, 0.29) is 22.8 Å². The maximum absolute atomic E-state index is 13.0. The lowest BCUT2D eigenvalue weighted by Gasteiger charge is -2.23. The maximum atomic E-state index is 13.0. The molecule has 1 aliphatic carbocycles. The second kappa shape index (κ2) is 10.7. The largest absolute Gasteiger partial charge is 0.349 e. The van der Waals surface area contributed by atoms with E-state index in [4.69, 9.17) is 0 Å². The number of anilines is 2. The molecule has 182 valence electrons. The first-order valence-corrected chi connectivity index (χ1v) is 13.2. The lowest BCUT2D eigenvalue weighted by molar-refractivity contribution is 0.0928. The smallest absolute Gasteiger partial charge is 0.261 e. The van der Waals surface area contributed by atoms with Crippen LogP contribution in [0.4, 0.5) is 11.4 Å². The monoisotopic (exact) mass is 491 g/mol. The van der Waals surface area contributed by atoms with Gasteiger partial charge in [0.05, 0.1) is 21.8 Å². The van der Waals surface area contributed by atoms with Crippen molar-refractivity contribution >= 4 is 33.2 Å². The van der Waals surface area contributed by atoms with Gasteiger partial charge < -0.3 is 10.6 Å². The fourth-order valence-electron chi connectivity index (χ4n) is 4.22. The van der Waals surface area contributed by atoms with Crippen LogP contribution < -0.4 is 15.4 Å². The second-order valence-corrected chi connectivity index (χ2v) is 10.4. The Balaban J connectivity index is 1.47. The van der Waals surface area contributed by atoms with Crippen LogP contribution >= 0.6 is 0 Å². The van der Waals surface area contributed by atoms with Gasteiger partial charge in [-0.2, -0.15) is 0 Å². The molecule has 0 heterocycles. The summed E-state index contributed by atoms with van der Waals surface area (Å²) in [7, 11) is -3.74.